The van der Waals surface area contributed by atoms with Gasteiger partial charge in [-0.15, -0.1) is 0 Å². The molecule has 1 fully saturated rings. The van der Waals surface area contributed by atoms with E-state index in [0.29, 0.717) is 6.42 Å². The maximum atomic E-state index is 11.9. The molecule has 0 aromatic carbocycles. The maximum absolute atomic E-state index is 11.9. The van der Waals surface area contributed by atoms with Gasteiger partial charge in [0.2, 0.25) is 0 Å². The van der Waals surface area contributed by atoms with Gasteiger partial charge in [0, 0.05) is 6.42 Å². The van der Waals surface area contributed by atoms with Crippen LogP contribution in [0.5, 0.6) is 0 Å². The van der Waals surface area contributed by atoms with E-state index in [1.165, 1.54) is 0 Å². The molecule has 1 rings (SSSR count). The van der Waals surface area contributed by atoms with Gasteiger partial charge in [-0.2, -0.15) is 0 Å². The average molecular weight is 344 g/mol. The molecule has 1 aliphatic rings. The third-order valence-corrected chi connectivity index (χ3v) is 3.78. The predicted molar refractivity (Wildman–Crippen MR) is 82.1 cm³/mol. The number of allylic oxidation sites excluding steroid dienone is 1. The van der Waals surface area contributed by atoms with E-state index in [2.05, 4.69) is 0 Å². The van der Waals surface area contributed by atoms with Gasteiger partial charge in [-0.3, -0.25) is 9.59 Å². The fourth-order valence-corrected chi connectivity index (χ4v) is 2.23. The molecule has 3 atom stereocenters. The Morgan fingerprint density at radius 1 is 1.29 bits per heavy atom. The Hall–Kier alpha value is -1.93. The van der Waals surface area contributed by atoms with Crippen molar-refractivity contribution in [1.82, 2.24) is 0 Å². The lowest BCUT2D eigenvalue weighted by molar-refractivity contribution is -0.279. The van der Waals surface area contributed by atoms with E-state index in [4.69, 9.17) is 24.4 Å². The lowest BCUT2D eigenvalue weighted by atomic mass is 9.85. The fraction of sp³-hybridized carbons (Fsp3) is 0.688. The normalized spacial score (nSPS) is 23.6. The zero-order valence-corrected chi connectivity index (χ0v) is 14.1. The minimum atomic E-state index is -1.09. The number of ether oxygens (including phenoxy) is 3. The number of aliphatic hydroxyl groups excluding tert-OH is 1. The summed E-state index contributed by atoms with van der Waals surface area (Å²) >= 11 is 0. The molecule has 0 spiro atoms. The molecule has 1 saturated heterocycles. The molecule has 0 aliphatic carbocycles. The summed E-state index contributed by atoms with van der Waals surface area (Å²) in [4.78, 5) is 33.7. The molecule has 0 aromatic heterocycles. The molecule has 0 radical (unpaired) electrons. The molecule has 0 aromatic rings. The van der Waals surface area contributed by atoms with E-state index in [9.17, 15) is 14.4 Å². The molecule has 0 amide bonds. The second-order valence-electron chi connectivity index (χ2n) is 6.02. The Labute approximate surface area is 140 Å². The molecule has 0 bridgehead atoms. The monoisotopic (exact) mass is 344 g/mol. The highest BCUT2D eigenvalue weighted by molar-refractivity contribution is 5.76. The van der Waals surface area contributed by atoms with E-state index in [0.717, 1.165) is 5.57 Å². The van der Waals surface area contributed by atoms with Crippen molar-refractivity contribution in [2.45, 2.75) is 57.8 Å². The van der Waals surface area contributed by atoms with Crippen LogP contribution >= 0.6 is 0 Å². The van der Waals surface area contributed by atoms with Crippen LogP contribution in [0.3, 0.4) is 0 Å². The Balaban J connectivity index is 2.80. The number of aliphatic carboxylic acids is 1. The topological polar surface area (TPSA) is 119 Å². The van der Waals surface area contributed by atoms with Gasteiger partial charge in [-0.1, -0.05) is 11.6 Å². The SMILES string of the molecule is CC(C)=CCC(OC(=O)CCC(=O)O)C1(C)OCC1OC(=O)CO. The molecule has 24 heavy (non-hydrogen) atoms. The number of carboxylic acids is 1. The van der Waals surface area contributed by atoms with Crippen LogP contribution in [-0.2, 0) is 28.6 Å². The standard InChI is InChI=1S/C16H24O8/c1-10(2)4-5-11(23-14(20)7-6-13(18)19)16(3)12(9-22-16)24-15(21)8-17/h4,11-12,17H,5-9H2,1-3H3,(H,18,19). The van der Waals surface area contributed by atoms with Crippen molar-refractivity contribution in [2.75, 3.05) is 13.2 Å². The molecule has 8 heteroatoms. The van der Waals surface area contributed by atoms with E-state index in [-0.39, 0.29) is 19.4 Å². The molecule has 136 valence electrons. The van der Waals surface area contributed by atoms with Gasteiger partial charge in [0.25, 0.3) is 0 Å². The Bertz CT molecular complexity index is 508. The summed E-state index contributed by atoms with van der Waals surface area (Å²) < 4.78 is 16.0. The first-order valence-corrected chi connectivity index (χ1v) is 7.68. The molecule has 0 saturated carbocycles. The number of carbonyl (C=O) groups excluding carboxylic acids is 2. The summed E-state index contributed by atoms with van der Waals surface area (Å²) in [7, 11) is 0. The quantitative estimate of drug-likeness (QED) is 0.466. The van der Waals surface area contributed by atoms with Crippen LogP contribution in [-0.4, -0.2) is 59.1 Å². The fourth-order valence-electron chi connectivity index (χ4n) is 2.23. The van der Waals surface area contributed by atoms with Gasteiger partial charge in [-0.05, 0) is 20.8 Å². The number of esters is 2. The molecule has 3 unspecified atom stereocenters. The lowest BCUT2D eigenvalue weighted by Gasteiger charge is -2.49. The van der Waals surface area contributed by atoms with Crippen LogP contribution in [0.25, 0.3) is 0 Å². The third kappa shape index (κ3) is 5.61. The lowest BCUT2D eigenvalue weighted by Crippen LogP contribution is -2.65. The number of rotatable bonds is 9. The number of carbonyl (C=O) groups is 3. The van der Waals surface area contributed by atoms with Crippen molar-refractivity contribution >= 4 is 17.9 Å². The summed E-state index contributed by atoms with van der Waals surface area (Å²) in [5.74, 6) is -2.53. The summed E-state index contributed by atoms with van der Waals surface area (Å²) in [6, 6.07) is 0. The second kappa shape index (κ2) is 8.79. The first-order chi connectivity index (χ1) is 11.2. The summed E-state index contributed by atoms with van der Waals surface area (Å²) in [6.07, 6.45) is 0.226. The average Bonchev–Trinajstić information content (AvgIpc) is 2.52. The van der Waals surface area contributed by atoms with Crippen molar-refractivity contribution in [3.63, 3.8) is 0 Å². The number of hydrogen-bond donors (Lipinski definition) is 2. The minimum absolute atomic E-state index is 0.139. The zero-order valence-electron chi connectivity index (χ0n) is 14.1. The van der Waals surface area contributed by atoms with E-state index in [1.807, 2.05) is 19.9 Å². The third-order valence-electron chi connectivity index (χ3n) is 3.78. The smallest absolute Gasteiger partial charge is 0.332 e. The largest absolute Gasteiger partial charge is 0.481 e. The Kier molecular flexibility index (Phi) is 7.37. The zero-order chi connectivity index (χ0) is 18.3. The molecular formula is C16H24O8. The maximum Gasteiger partial charge on any atom is 0.332 e. The molecular weight excluding hydrogens is 320 g/mol. The molecule has 1 aliphatic heterocycles. The van der Waals surface area contributed by atoms with E-state index in [1.54, 1.807) is 6.92 Å². The van der Waals surface area contributed by atoms with Crippen molar-refractivity contribution in [1.29, 1.82) is 0 Å². The molecule has 8 nitrogen and oxygen atoms in total. The van der Waals surface area contributed by atoms with E-state index >= 15 is 0 Å². The van der Waals surface area contributed by atoms with Crippen LogP contribution in [0.15, 0.2) is 11.6 Å². The van der Waals surface area contributed by atoms with Gasteiger partial charge in [0.05, 0.1) is 19.4 Å². The van der Waals surface area contributed by atoms with Crippen LogP contribution in [0, 0.1) is 0 Å². The van der Waals surface area contributed by atoms with Gasteiger partial charge in [0.1, 0.15) is 18.3 Å². The highest BCUT2D eigenvalue weighted by atomic mass is 16.6. The highest BCUT2D eigenvalue weighted by Crippen LogP contribution is 2.36. The van der Waals surface area contributed by atoms with Crippen molar-refractivity contribution in [3.05, 3.63) is 11.6 Å². The van der Waals surface area contributed by atoms with Gasteiger partial charge in [-0.25, -0.2) is 4.79 Å². The first-order valence-electron chi connectivity index (χ1n) is 7.68. The number of hydrogen-bond acceptors (Lipinski definition) is 7. The van der Waals surface area contributed by atoms with Gasteiger partial charge in [0.15, 0.2) is 6.10 Å². The number of aliphatic hydroxyl groups is 1. The Morgan fingerprint density at radius 2 is 1.96 bits per heavy atom. The summed E-state index contributed by atoms with van der Waals surface area (Å²) in [5.41, 5.74) is -0.0382. The van der Waals surface area contributed by atoms with Crippen LogP contribution in [0.2, 0.25) is 0 Å². The predicted octanol–water partition coefficient (Wildman–Crippen LogP) is 0.812. The summed E-state index contributed by atoms with van der Waals surface area (Å²) in [6.45, 7) is 4.82. The van der Waals surface area contributed by atoms with Crippen molar-refractivity contribution in [2.24, 2.45) is 0 Å². The van der Waals surface area contributed by atoms with Gasteiger partial charge >= 0.3 is 17.9 Å². The summed E-state index contributed by atoms with van der Waals surface area (Å²) in [5, 5.41) is 17.4. The second-order valence-corrected chi connectivity index (χ2v) is 6.02. The Morgan fingerprint density at radius 3 is 2.42 bits per heavy atom. The number of carboxylic acid groups (broad SMARTS) is 1. The minimum Gasteiger partial charge on any atom is -0.481 e. The first kappa shape index (κ1) is 20.1. The van der Waals surface area contributed by atoms with Crippen LogP contribution in [0.1, 0.15) is 40.0 Å². The van der Waals surface area contributed by atoms with Crippen molar-refractivity contribution in [3.8, 4) is 0 Å². The van der Waals surface area contributed by atoms with Gasteiger partial charge < -0.3 is 24.4 Å². The van der Waals surface area contributed by atoms with Crippen molar-refractivity contribution < 1.29 is 38.8 Å². The van der Waals surface area contributed by atoms with Crippen LogP contribution < -0.4 is 0 Å². The molecule has 1 heterocycles. The van der Waals surface area contributed by atoms with E-state index < -0.39 is 42.3 Å². The molecule has 2 N–H and O–H groups in total. The highest BCUT2D eigenvalue weighted by Gasteiger charge is 2.54. The van der Waals surface area contributed by atoms with Crippen LogP contribution in [0.4, 0.5) is 0 Å².